The summed E-state index contributed by atoms with van der Waals surface area (Å²) in [4.78, 5) is 9.82. The zero-order chi connectivity index (χ0) is 19.3. The van der Waals surface area contributed by atoms with Crippen LogP contribution < -0.4 is 5.32 Å². The SMILES string of the molecule is C=Cn1ncc(CN2CCC3(CC2)Nc2cc(Cl)ccc2C2=NCCN23)c1C. The molecular formula is C21H25ClN6. The molecule has 146 valence electrons. The molecule has 1 aromatic carbocycles. The summed E-state index contributed by atoms with van der Waals surface area (Å²) in [5.74, 6) is 1.13. The summed E-state index contributed by atoms with van der Waals surface area (Å²) >= 11 is 6.27. The van der Waals surface area contributed by atoms with Gasteiger partial charge in [0.05, 0.1) is 12.7 Å². The van der Waals surface area contributed by atoms with Gasteiger partial charge in [-0.25, -0.2) is 4.68 Å². The number of likely N-dealkylation sites (tertiary alicyclic amines) is 1. The zero-order valence-corrected chi connectivity index (χ0v) is 16.9. The molecule has 28 heavy (non-hydrogen) atoms. The lowest BCUT2D eigenvalue weighted by molar-refractivity contribution is 0.0895. The number of hydrogen-bond acceptors (Lipinski definition) is 5. The largest absolute Gasteiger partial charge is 0.362 e. The Labute approximate surface area is 170 Å². The number of rotatable bonds is 3. The predicted molar refractivity (Wildman–Crippen MR) is 114 cm³/mol. The van der Waals surface area contributed by atoms with Gasteiger partial charge in [0.25, 0.3) is 0 Å². The van der Waals surface area contributed by atoms with Crippen LogP contribution in [-0.4, -0.2) is 57.3 Å². The first-order valence-electron chi connectivity index (χ1n) is 9.88. The molecule has 0 radical (unpaired) electrons. The first-order valence-corrected chi connectivity index (χ1v) is 10.3. The monoisotopic (exact) mass is 396 g/mol. The molecule has 1 N–H and O–H groups in total. The van der Waals surface area contributed by atoms with E-state index in [2.05, 4.69) is 39.8 Å². The van der Waals surface area contributed by atoms with E-state index in [0.29, 0.717) is 0 Å². The lowest BCUT2D eigenvalue weighted by atomic mass is 9.90. The van der Waals surface area contributed by atoms with Crippen LogP contribution in [0.3, 0.4) is 0 Å². The summed E-state index contributed by atoms with van der Waals surface area (Å²) in [5, 5.41) is 8.99. The van der Waals surface area contributed by atoms with E-state index in [4.69, 9.17) is 16.6 Å². The standard InChI is InChI=1S/C21H25ClN6/c1-3-28-15(2)16(13-24-28)14-26-9-6-21(7-10-26)25-19-12-17(22)4-5-18(19)20-23-8-11-27(20)21/h3-5,12-13,25H,1,6-11,14H2,2H3. The minimum atomic E-state index is -0.0656. The van der Waals surface area contributed by atoms with E-state index in [1.54, 1.807) is 6.20 Å². The van der Waals surface area contributed by atoms with Gasteiger partial charge in [0, 0.05) is 72.8 Å². The molecule has 1 aromatic heterocycles. The van der Waals surface area contributed by atoms with Crippen molar-refractivity contribution in [3.05, 3.63) is 52.8 Å². The fraction of sp³-hybridized carbons (Fsp3) is 0.429. The van der Waals surface area contributed by atoms with Crippen molar-refractivity contribution in [2.45, 2.75) is 32.0 Å². The predicted octanol–water partition coefficient (Wildman–Crippen LogP) is 3.43. The van der Waals surface area contributed by atoms with Crippen LogP contribution in [0.25, 0.3) is 6.20 Å². The summed E-state index contributed by atoms with van der Waals surface area (Å²) in [6, 6.07) is 6.08. The zero-order valence-electron chi connectivity index (χ0n) is 16.2. The average molecular weight is 397 g/mol. The fourth-order valence-electron chi connectivity index (χ4n) is 4.74. The summed E-state index contributed by atoms with van der Waals surface area (Å²) in [6.45, 7) is 10.8. The maximum atomic E-state index is 6.27. The number of nitrogens with one attached hydrogen (secondary N) is 1. The molecule has 2 aromatic rings. The van der Waals surface area contributed by atoms with Crippen LogP contribution in [0.4, 0.5) is 5.69 Å². The van der Waals surface area contributed by atoms with Gasteiger partial charge in [0.15, 0.2) is 0 Å². The molecule has 1 spiro atoms. The second kappa shape index (κ2) is 6.64. The molecule has 6 nitrogen and oxygen atoms in total. The number of benzene rings is 1. The number of nitrogens with zero attached hydrogens (tertiary/aromatic N) is 5. The van der Waals surface area contributed by atoms with Gasteiger partial charge in [-0.2, -0.15) is 5.10 Å². The average Bonchev–Trinajstić information content (AvgIpc) is 3.32. The van der Waals surface area contributed by atoms with Gasteiger partial charge in [0.1, 0.15) is 11.5 Å². The van der Waals surface area contributed by atoms with Gasteiger partial charge in [0.2, 0.25) is 0 Å². The van der Waals surface area contributed by atoms with Crippen molar-refractivity contribution >= 4 is 29.3 Å². The molecular weight excluding hydrogens is 372 g/mol. The molecule has 0 amide bonds. The maximum Gasteiger partial charge on any atom is 0.134 e. The lowest BCUT2D eigenvalue weighted by Crippen LogP contribution is -2.63. The minimum Gasteiger partial charge on any atom is -0.362 e. The van der Waals surface area contributed by atoms with Crippen molar-refractivity contribution < 1.29 is 0 Å². The van der Waals surface area contributed by atoms with E-state index in [1.807, 2.05) is 23.0 Å². The van der Waals surface area contributed by atoms with Gasteiger partial charge < -0.3 is 10.2 Å². The fourth-order valence-corrected chi connectivity index (χ4v) is 4.91. The van der Waals surface area contributed by atoms with Crippen LogP contribution in [0.2, 0.25) is 5.02 Å². The quantitative estimate of drug-likeness (QED) is 0.863. The molecule has 0 aliphatic carbocycles. The van der Waals surface area contributed by atoms with Crippen molar-refractivity contribution in [3.63, 3.8) is 0 Å². The second-order valence-electron chi connectivity index (χ2n) is 7.86. The first-order chi connectivity index (χ1) is 13.6. The van der Waals surface area contributed by atoms with Gasteiger partial charge in [-0.05, 0) is 25.1 Å². The topological polar surface area (TPSA) is 48.7 Å². The number of halogens is 1. The number of aliphatic imine (C=N–C) groups is 1. The van der Waals surface area contributed by atoms with E-state index in [-0.39, 0.29) is 5.66 Å². The Morgan fingerprint density at radius 3 is 2.86 bits per heavy atom. The highest BCUT2D eigenvalue weighted by molar-refractivity contribution is 6.31. The second-order valence-corrected chi connectivity index (χ2v) is 8.30. The van der Waals surface area contributed by atoms with Crippen LogP contribution in [0.1, 0.15) is 29.7 Å². The van der Waals surface area contributed by atoms with E-state index in [1.165, 1.54) is 16.8 Å². The molecule has 5 rings (SSSR count). The Bertz CT molecular complexity index is 954. The molecule has 3 aliphatic heterocycles. The Kier molecular flexibility index (Phi) is 4.21. The third kappa shape index (κ3) is 2.74. The third-order valence-electron chi connectivity index (χ3n) is 6.34. The molecule has 4 heterocycles. The molecule has 0 atom stereocenters. The van der Waals surface area contributed by atoms with Crippen LogP contribution >= 0.6 is 11.6 Å². The highest BCUT2D eigenvalue weighted by atomic mass is 35.5. The van der Waals surface area contributed by atoms with E-state index in [0.717, 1.165) is 62.1 Å². The van der Waals surface area contributed by atoms with Crippen LogP contribution in [0, 0.1) is 6.92 Å². The Hall–Kier alpha value is -2.31. The van der Waals surface area contributed by atoms with Gasteiger partial charge in [-0.15, -0.1) is 0 Å². The number of piperidine rings is 1. The van der Waals surface area contributed by atoms with Crippen LogP contribution in [0.15, 0.2) is 36.0 Å². The van der Waals surface area contributed by atoms with E-state index in [9.17, 15) is 0 Å². The summed E-state index contributed by atoms with van der Waals surface area (Å²) < 4.78 is 1.84. The number of amidine groups is 1. The molecule has 0 saturated carbocycles. The maximum absolute atomic E-state index is 6.27. The number of anilines is 1. The third-order valence-corrected chi connectivity index (χ3v) is 6.58. The first kappa shape index (κ1) is 17.8. The summed E-state index contributed by atoms with van der Waals surface area (Å²) in [5.41, 5.74) is 4.66. The Morgan fingerprint density at radius 2 is 2.11 bits per heavy atom. The molecule has 0 bridgehead atoms. The number of fused-ring (bicyclic) bond motifs is 4. The highest BCUT2D eigenvalue weighted by Gasteiger charge is 2.46. The Morgan fingerprint density at radius 1 is 1.29 bits per heavy atom. The normalized spacial score (nSPS) is 20.5. The van der Waals surface area contributed by atoms with Gasteiger partial charge in [-0.3, -0.25) is 9.89 Å². The summed E-state index contributed by atoms with van der Waals surface area (Å²) in [7, 11) is 0. The molecule has 1 fully saturated rings. The molecule has 7 heteroatoms. The number of aromatic nitrogens is 2. The van der Waals surface area contributed by atoms with E-state index >= 15 is 0 Å². The molecule has 3 aliphatic rings. The van der Waals surface area contributed by atoms with Gasteiger partial charge >= 0.3 is 0 Å². The van der Waals surface area contributed by atoms with Crippen molar-refractivity contribution in [2.24, 2.45) is 4.99 Å². The smallest absolute Gasteiger partial charge is 0.134 e. The molecule has 0 unspecified atom stereocenters. The van der Waals surface area contributed by atoms with E-state index < -0.39 is 0 Å². The minimum absolute atomic E-state index is 0.0656. The van der Waals surface area contributed by atoms with Crippen molar-refractivity contribution in [1.82, 2.24) is 19.6 Å². The summed E-state index contributed by atoms with van der Waals surface area (Å²) in [6.07, 6.45) is 5.82. The number of hydrogen-bond donors (Lipinski definition) is 1. The van der Waals surface area contributed by atoms with Crippen LogP contribution in [-0.2, 0) is 6.54 Å². The Balaban J connectivity index is 1.36. The highest BCUT2D eigenvalue weighted by Crippen LogP contribution is 2.40. The lowest BCUT2D eigenvalue weighted by Gasteiger charge is -2.52. The van der Waals surface area contributed by atoms with Crippen molar-refractivity contribution in [3.8, 4) is 0 Å². The van der Waals surface area contributed by atoms with Gasteiger partial charge in [-0.1, -0.05) is 18.2 Å². The van der Waals surface area contributed by atoms with Crippen molar-refractivity contribution in [2.75, 3.05) is 31.5 Å². The van der Waals surface area contributed by atoms with Crippen LogP contribution in [0.5, 0.6) is 0 Å². The molecule has 1 saturated heterocycles. The van der Waals surface area contributed by atoms with Crippen molar-refractivity contribution in [1.29, 1.82) is 0 Å².